The highest BCUT2D eigenvalue weighted by Crippen LogP contribution is 2.18. The monoisotopic (exact) mass is 263 g/mol. The van der Waals surface area contributed by atoms with E-state index in [1.54, 1.807) is 11.8 Å². The highest BCUT2D eigenvalue weighted by Gasteiger charge is 2.31. The summed E-state index contributed by atoms with van der Waals surface area (Å²) < 4.78 is 5.62. The van der Waals surface area contributed by atoms with Crippen LogP contribution in [0.4, 0.5) is 0 Å². The van der Waals surface area contributed by atoms with Crippen LogP contribution in [-0.2, 0) is 16.1 Å². The molecular formula is C15H21NO3. The Morgan fingerprint density at radius 2 is 2.21 bits per heavy atom. The third kappa shape index (κ3) is 3.55. The van der Waals surface area contributed by atoms with Crippen molar-refractivity contribution in [3.8, 4) is 0 Å². The van der Waals surface area contributed by atoms with E-state index >= 15 is 0 Å². The number of rotatable bonds is 5. The van der Waals surface area contributed by atoms with Crippen LogP contribution in [0.25, 0.3) is 0 Å². The molecule has 19 heavy (non-hydrogen) atoms. The molecule has 0 aromatic heterocycles. The lowest BCUT2D eigenvalue weighted by molar-refractivity contribution is -0.145. The molecule has 1 saturated heterocycles. The van der Waals surface area contributed by atoms with Gasteiger partial charge in [0, 0.05) is 6.54 Å². The van der Waals surface area contributed by atoms with E-state index in [2.05, 4.69) is 0 Å². The Labute approximate surface area is 114 Å². The van der Waals surface area contributed by atoms with Crippen molar-refractivity contribution in [2.45, 2.75) is 38.5 Å². The standard InChI is InChI=1S/C15H21NO3/c1-12(19-11-13-6-3-2-4-7-13)15(18)16-9-5-8-14(16)10-17/h2-4,6-7,12,14,17H,5,8-11H2,1H3/t12?,14-/m0/s1. The number of hydrogen-bond acceptors (Lipinski definition) is 3. The topological polar surface area (TPSA) is 49.8 Å². The van der Waals surface area contributed by atoms with Crippen molar-refractivity contribution in [3.63, 3.8) is 0 Å². The molecule has 1 heterocycles. The first-order chi connectivity index (χ1) is 9.22. The van der Waals surface area contributed by atoms with E-state index in [-0.39, 0.29) is 18.6 Å². The normalized spacial score (nSPS) is 20.5. The average Bonchev–Trinajstić information content (AvgIpc) is 2.93. The van der Waals surface area contributed by atoms with Gasteiger partial charge in [-0.1, -0.05) is 30.3 Å². The molecule has 1 aromatic rings. The Morgan fingerprint density at radius 1 is 1.47 bits per heavy atom. The number of nitrogens with zero attached hydrogens (tertiary/aromatic N) is 1. The van der Waals surface area contributed by atoms with Crippen LogP contribution in [0.2, 0.25) is 0 Å². The van der Waals surface area contributed by atoms with Gasteiger partial charge in [0.1, 0.15) is 6.10 Å². The van der Waals surface area contributed by atoms with E-state index in [4.69, 9.17) is 4.74 Å². The molecule has 0 radical (unpaired) electrons. The lowest BCUT2D eigenvalue weighted by atomic mass is 10.2. The molecule has 0 spiro atoms. The highest BCUT2D eigenvalue weighted by molar-refractivity contribution is 5.81. The van der Waals surface area contributed by atoms with Crippen molar-refractivity contribution in [1.29, 1.82) is 0 Å². The summed E-state index contributed by atoms with van der Waals surface area (Å²) >= 11 is 0. The summed E-state index contributed by atoms with van der Waals surface area (Å²) in [5.74, 6) is -0.0209. The predicted molar refractivity (Wildman–Crippen MR) is 72.5 cm³/mol. The summed E-state index contributed by atoms with van der Waals surface area (Å²) in [5, 5.41) is 9.24. The molecule has 1 aliphatic heterocycles. The molecule has 1 fully saturated rings. The van der Waals surface area contributed by atoms with Crippen LogP contribution >= 0.6 is 0 Å². The second-order valence-corrected chi connectivity index (χ2v) is 4.95. The van der Waals surface area contributed by atoms with Crippen molar-refractivity contribution < 1.29 is 14.6 Å². The fourth-order valence-corrected chi connectivity index (χ4v) is 2.42. The number of carbonyl (C=O) groups excluding carboxylic acids is 1. The van der Waals surface area contributed by atoms with Crippen molar-refractivity contribution in [2.24, 2.45) is 0 Å². The van der Waals surface area contributed by atoms with Crippen LogP contribution in [0.3, 0.4) is 0 Å². The van der Waals surface area contributed by atoms with Gasteiger partial charge in [-0.25, -0.2) is 0 Å². The Hall–Kier alpha value is -1.39. The summed E-state index contributed by atoms with van der Waals surface area (Å²) in [6, 6.07) is 9.78. The second kappa shape index (κ2) is 6.68. The van der Waals surface area contributed by atoms with Gasteiger partial charge >= 0.3 is 0 Å². The van der Waals surface area contributed by atoms with Crippen molar-refractivity contribution in [3.05, 3.63) is 35.9 Å². The third-order valence-electron chi connectivity index (χ3n) is 3.56. The van der Waals surface area contributed by atoms with Gasteiger partial charge in [-0.05, 0) is 25.3 Å². The highest BCUT2D eigenvalue weighted by atomic mass is 16.5. The van der Waals surface area contributed by atoms with Gasteiger partial charge in [0.25, 0.3) is 5.91 Å². The summed E-state index contributed by atoms with van der Waals surface area (Å²) in [7, 11) is 0. The van der Waals surface area contributed by atoms with Crippen LogP contribution in [0, 0.1) is 0 Å². The van der Waals surface area contributed by atoms with E-state index in [0.29, 0.717) is 6.61 Å². The van der Waals surface area contributed by atoms with Gasteiger partial charge in [-0.15, -0.1) is 0 Å². The molecule has 1 aromatic carbocycles. The molecule has 1 unspecified atom stereocenters. The average molecular weight is 263 g/mol. The van der Waals surface area contributed by atoms with Gasteiger partial charge in [-0.3, -0.25) is 4.79 Å². The van der Waals surface area contributed by atoms with Gasteiger partial charge in [-0.2, -0.15) is 0 Å². The molecule has 0 bridgehead atoms. The fourth-order valence-electron chi connectivity index (χ4n) is 2.42. The Balaban J connectivity index is 1.85. The lowest BCUT2D eigenvalue weighted by Crippen LogP contribution is -2.43. The van der Waals surface area contributed by atoms with E-state index in [1.807, 2.05) is 30.3 Å². The van der Waals surface area contributed by atoms with Crippen LogP contribution in [0.5, 0.6) is 0 Å². The maximum absolute atomic E-state index is 12.2. The first kappa shape index (κ1) is 14.0. The summed E-state index contributed by atoms with van der Waals surface area (Å²) in [5.41, 5.74) is 1.06. The number of carbonyl (C=O) groups is 1. The number of likely N-dealkylation sites (tertiary alicyclic amines) is 1. The first-order valence-electron chi connectivity index (χ1n) is 6.79. The zero-order valence-electron chi connectivity index (χ0n) is 11.3. The minimum atomic E-state index is -0.465. The van der Waals surface area contributed by atoms with E-state index in [9.17, 15) is 9.90 Å². The van der Waals surface area contributed by atoms with Crippen LogP contribution < -0.4 is 0 Å². The summed E-state index contributed by atoms with van der Waals surface area (Å²) in [6.07, 6.45) is 1.38. The SMILES string of the molecule is CC(OCc1ccccc1)C(=O)N1CCC[C@H]1CO. The van der Waals surface area contributed by atoms with Crippen LogP contribution in [-0.4, -0.2) is 41.2 Å². The van der Waals surface area contributed by atoms with Crippen molar-refractivity contribution >= 4 is 5.91 Å². The van der Waals surface area contributed by atoms with Gasteiger partial charge in [0.05, 0.1) is 19.3 Å². The van der Waals surface area contributed by atoms with E-state index in [0.717, 1.165) is 24.9 Å². The Bertz CT molecular complexity index is 407. The molecule has 0 aliphatic carbocycles. The predicted octanol–water partition coefficient (Wildman–Crippen LogP) is 1.57. The zero-order chi connectivity index (χ0) is 13.7. The van der Waals surface area contributed by atoms with Gasteiger partial charge in [0.2, 0.25) is 0 Å². The molecule has 4 heteroatoms. The molecule has 1 amide bonds. The molecule has 104 valence electrons. The van der Waals surface area contributed by atoms with Crippen molar-refractivity contribution in [2.75, 3.05) is 13.2 Å². The lowest BCUT2D eigenvalue weighted by Gasteiger charge is -2.26. The Kier molecular flexibility index (Phi) is 4.93. The minimum absolute atomic E-state index is 0.0209. The maximum Gasteiger partial charge on any atom is 0.251 e. The number of aliphatic hydroxyl groups excluding tert-OH is 1. The van der Waals surface area contributed by atoms with E-state index in [1.165, 1.54) is 0 Å². The first-order valence-corrected chi connectivity index (χ1v) is 6.79. The van der Waals surface area contributed by atoms with Crippen LogP contribution in [0.15, 0.2) is 30.3 Å². The minimum Gasteiger partial charge on any atom is -0.394 e. The largest absolute Gasteiger partial charge is 0.394 e. The van der Waals surface area contributed by atoms with Gasteiger partial charge < -0.3 is 14.7 Å². The summed E-state index contributed by atoms with van der Waals surface area (Å²) in [6.45, 7) is 2.98. The number of ether oxygens (including phenoxy) is 1. The number of hydrogen-bond donors (Lipinski definition) is 1. The van der Waals surface area contributed by atoms with Crippen LogP contribution in [0.1, 0.15) is 25.3 Å². The molecule has 0 saturated carbocycles. The molecule has 2 atom stereocenters. The second-order valence-electron chi connectivity index (χ2n) is 4.95. The number of aliphatic hydroxyl groups is 1. The summed E-state index contributed by atoms with van der Waals surface area (Å²) in [4.78, 5) is 14.0. The maximum atomic E-state index is 12.2. The molecular weight excluding hydrogens is 242 g/mol. The smallest absolute Gasteiger partial charge is 0.251 e. The zero-order valence-corrected chi connectivity index (χ0v) is 11.3. The van der Waals surface area contributed by atoms with Crippen molar-refractivity contribution in [1.82, 2.24) is 4.90 Å². The fraction of sp³-hybridized carbons (Fsp3) is 0.533. The quantitative estimate of drug-likeness (QED) is 0.877. The number of amides is 1. The van der Waals surface area contributed by atoms with Gasteiger partial charge in [0.15, 0.2) is 0 Å². The molecule has 1 aliphatic rings. The molecule has 4 nitrogen and oxygen atoms in total. The van der Waals surface area contributed by atoms with E-state index < -0.39 is 6.10 Å². The number of benzene rings is 1. The third-order valence-corrected chi connectivity index (χ3v) is 3.56. The molecule has 2 rings (SSSR count). The Morgan fingerprint density at radius 3 is 2.89 bits per heavy atom. The molecule has 1 N–H and O–H groups in total.